The molecule has 3 N–H and O–H groups in total. The molecule has 0 radical (unpaired) electrons. The summed E-state index contributed by atoms with van der Waals surface area (Å²) in [6.45, 7) is 4.56. The molecule has 1 aliphatic heterocycles. The summed E-state index contributed by atoms with van der Waals surface area (Å²) in [5.41, 5.74) is 0. The third-order valence-electron chi connectivity index (χ3n) is 3.19. The van der Waals surface area contributed by atoms with E-state index in [0.29, 0.717) is 12.0 Å². The van der Waals surface area contributed by atoms with Crippen LogP contribution >= 0.6 is 24.0 Å². The number of ether oxygens (including phenoxy) is 1. The highest BCUT2D eigenvalue weighted by Gasteiger charge is 2.22. The lowest BCUT2D eigenvalue weighted by atomic mass is 10.2. The van der Waals surface area contributed by atoms with Gasteiger partial charge in [-0.15, -0.1) is 24.0 Å². The quantitative estimate of drug-likeness (QED) is 0.350. The SMILES string of the molecule is CCNC(=NCC(=O)NC1CC1)NCC1CCCO1.I. The van der Waals surface area contributed by atoms with E-state index in [1.807, 2.05) is 6.92 Å². The summed E-state index contributed by atoms with van der Waals surface area (Å²) in [5, 5.41) is 9.28. The van der Waals surface area contributed by atoms with Crippen LogP contribution in [0.15, 0.2) is 4.99 Å². The maximum atomic E-state index is 11.6. The molecule has 0 aromatic carbocycles. The van der Waals surface area contributed by atoms with Gasteiger partial charge in [-0.1, -0.05) is 0 Å². The molecule has 0 spiro atoms. The number of hydrogen-bond acceptors (Lipinski definition) is 3. The maximum absolute atomic E-state index is 11.6. The summed E-state index contributed by atoms with van der Waals surface area (Å²) in [6, 6.07) is 0.394. The summed E-state index contributed by atoms with van der Waals surface area (Å²) in [6.07, 6.45) is 4.70. The van der Waals surface area contributed by atoms with Crippen molar-refractivity contribution in [2.24, 2.45) is 4.99 Å². The van der Waals surface area contributed by atoms with E-state index < -0.39 is 0 Å². The van der Waals surface area contributed by atoms with E-state index in [1.165, 1.54) is 0 Å². The van der Waals surface area contributed by atoms with Crippen molar-refractivity contribution in [2.75, 3.05) is 26.2 Å². The number of guanidine groups is 1. The van der Waals surface area contributed by atoms with Gasteiger partial charge in [0.1, 0.15) is 6.54 Å². The Morgan fingerprint density at radius 2 is 2.10 bits per heavy atom. The lowest BCUT2D eigenvalue weighted by Crippen LogP contribution is -2.41. The minimum atomic E-state index is -0.00294. The molecule has 2 fully saturated rings. The van der Waals surface area contributed by atoms with Crippen molar-refractivity contribution >= 4 is 35.8 Å². The highest BCUT2D eigenvalue weighted by molar-refractivity contribution is 14.0. The summed E-state index contributed by atoms with van der Waals surface area (Å²) >= 11 is 0. The van der Waals surface area contributed by atoms with Crippen LogP contribution in [0.5, 0.6) is 0 Å². The zero-order chi connectivity index (χ0) is 13.5. The Labute approximate surface area is 137 Å². The Bertz CT molecular complexity index is 328. The molecule has 6 nitrogen and oxygen atoms in total. The number of rotatable bonds is 6. The van der Waals surface area contributed by atoms with Gasteiger partial charge in [0.2, 0.25) is 5.91 Å². The van der Waals surface area contributed by atoms with Crippen molar-refractivity contribution in [1.29, 1.82) is 0 Å². The second-order valence-electron chi connectivity index (χ2n) is 5.05. The molecule has 1 aliphatic carbocycles. The molecular formula is C13H25IN4O2. The summed E-state index contributed by atoms with van der Waals surface area (Å²) in [7, 11) is 0. The fourth-order valence-electron chi connectivity index (χ4n) is 2.01. The Balaban J connectivity index is 0.00000200. The first kappa shape index (κ1) is 17.5. The van der Waals surface area contributed by atoms with E-state index in [0.717, 1.165) is 45.4 Å². The predicted molar refractivity (Wildman–Crippen MR) is 89.5 cm³/mol. The zero-order valence-electron chi connectivity index (χ0n) is 12.0. The molecule has 1 amide bonds. The summed E-state index contributed by atoms with van der Waals surface area (Å²) in [4.78, 5) is 15.8. The van der Waals surface area contributed by atoms with Crippen molar-refractivity contribution in [3.05, 3.63) is 0 Å². The van der Waals surface area contributed by atoms with Crippen LogP contribution in [-0.2, 0) is 9.53 Å². The molecule has 1 unspecified atom stereocenters. The van der Waals surface area contributed by atoms with Gasteiger partial charge in [-0.05, 0) is 32.6 Å². The van der Waals surface area contributed by atoms with Crippen LogP contribution in [0.25, 0.3) is 0 Å². The number of carbonyl (C=O) groups is 1. The lowest BCUT2D eigenvalue weighted by Gasteiger charge is -2.14. The zero-order valence-corrected chi connectivity index (χ0v) is 14.3. The van der Waals surface area contributed by atoms with E-state index >= 15 is 0 Å². The monoisotopic (exact) mass is 396 g/mol. The molecule has 1 heterocycles. The van der Waals surface area contributed by atoms with Crippen molar-refractivity contribution in [3.8, 4) is 0 Å². The molecule has 2 rings (SSSR count). The topological polar surface area (TPSA) is 74.8 Å². The van der Waals surface area contributed by atoms with Crippen LogP contribution in [-0.4, -0.2) is 50.3 Å². The number of nitrogens with zero attached hydrogens (tertiary/aromatic N) is 1. The van der Waals surface area contributed by atoms with Crippen LogP contribution in [0, 0.1) is 0 Å². The van der Waals surface area contributed by atoms with Gasteiger partial charge in [0.25, 0.3) is 0 Å². The van der Waals surface area contributed by atoms with Gasteiger partial charge in [0.15, 0.2) is 5.96 Å². The summed E-state index contributed by atoms with van der Waals surface area (Å²) in [5.74, 6) is 0.681. The minimum Gasteiger partial charge on any atom is -0.376 e. The molecule has 1 saturated heterocycles. The van der Waals surface area contributed by atoms with E-state index in [1.54, 1.807) is 0 Å². The standard InChI is InChI=1S/C13H24N4O2.HI/c1-2-14-13(15-8-11-4-3-7-19-11)16-9-12(18)17-10-5-6-10;/h10-11H,2-9H2,1H3,(H,17,18)(H2,14,15,16);1H. The number of amides is 1. The third-order valence-corrected chi connectivity index (χ3v) is 3.19. The van der Waals surface area contributed by atoms with Gasteiger partial charge in [-0.25, -0.2) is 4.99 Å². The molecular weight excluding hydrogens is 371 g/mol. The van der Waals surface area contributed by atoms with E-state index in [2.05, 4.69) is 20.9 Å². The molecule has 7 heteroatoms. The van der Waals surface area contributed by atoms with E-state index in [4.69, 9.17) is 4.74 Å². The van der Waals surface area contributed by atoms with Gasteiger partial charge in [-0.3, -0.25) is 4.79 Å². The van der Waals surface area contributed by atoms with E-state index in [9.17, 15) is 4.79 Å². The first-order chi connectivity index (χ1) is 9.28. The van der Waals surface area contributed by atoms with Crippen LogP contribution in [0.3, 0.4) is 0 Å². The fourth-order valence-corrected chi connectivity index (χ4v) is 2.01. The Hall–Kier alpha value is -0.570. The smallest absolute Gasteiger partial charge is 0.242 e. The van der Waals surface area contributed by atoms with E-state index in [-0.39, 0.29) is 42.5 Å². The second kappa shape index (κ2) is 9.38. The van der Waals surface area contributed by atoms with Crippen molar-refractivity contribution in [2.45, 2.75) is 44.8 Å². The molecule has 0 aromatic rings. The molecule has 20 heavy (non-hydrogen) atoms. The molecule has 0 bridgehead atoms. The number of carbonyl (C=O) groups excluding carboxylic acids is 1. The Kier molecular flexibility index (Phi) is 8.20. The minimum absolute atomic E-state index is 0. The second-order valence-corrected chi connectivity index (χ2v) is 5.05. The van der Waals surface area contributed by atoms with Crippen molar-refractivity contribution in [1.82, 2.24) is 16.0 Å². The molecule has 2 aliphatic rings. The van der Waals surface area contributed by atoms with Gasteiger partial charge in [0.05, 0.1) is 6.10 Å². The predicted octanol–water partition coefficient (Wildman–Crippen LogP) is 0.617. The Morgan fingerprint density at radius 3 is 2.70 bits per heavy atom. The lowest BCUT2D eigenvalue weighted by molar-refractivity contribution is -0.119. The fraction of sp³-hybridized carbons (Fsp3) is 0.846. The van der Waals surface area contributed by atoms with Crippen LogP contribution in [0.2, 0.25) is 0 Å². The average Bonchev–Trinajstić information content (AvgIpc) is 3.05. The highest BCUT2D eigenvalue weighted by atomic mass is 127. The van der Waals surface area contributed by atoms with Crippen LogP contribution < -0.4 is 16.0 Å². The normalized spacial score (nSPS) is 22.1. The summed E-state index contributed by atoms with van der Waals surface area (Å²) < 4.78 is 5.54. The molecule has 1 atom stereocenters. The van der Waals surface area contributed by atoms with Gasteiger partial charge in [0, 0.05) is 25.7 Å². The Morgan fingerprint density at radius 1 is 1.30 bits per heavy atom. The molecule has 1 saturated carbocycles. The van der Waals surface area contributed by atoms with Gasteiger partial charge in [-0.2, -0.15) is 0 Å². The van der Waals surface area contributed by atoms with Crippen molar-refractivity contribution in [3.63, 3.8) is 0 Å². The molecule has 0 aromatic heterocycles. The van der Waals surface area contributed by atoms with Crippen LogP contribution in [0.4, 0.5) is 0 Å². The van der Waals surface area contributed by atoms with Crippen LogP contribution in [0.1, 0.15) is 32.6 Å². The highest BCUT2D eigenvalue weighted by Crippen LogP contribution is 2.18. The maximum Gasteiger partial charge on any atom is 0.242 e. The number of halogens is 1. The molecule has 116 valence electrons. The largest absolute Gasteiger partial charge is 0.376 e. The van der Waals surface area contributed by atoms with Crippen molar-refractivity contribution < 1.29 is 9.53 Å². The number of hydrogen-bond donors (Lipinski definition) is 3. The first-order valence-corrected chi connectivity index (χ1v) is 7.21. The van der Waals surface area contributed by atoms with Gasteiger partial charge >= 0.3 is 0 Å². The average molecular weight is 396 g/mol. The van der Waals surface area contributed by atoms with Gasteiger partial charge < -0.3 is 20.7 Å². The first-order valence-electron chi connectivity index (χ1n) is 7.21. The number of aliphatic imine (C=N–C) groups is 1. The number of nitrogens with one attached hydrogen (secondary N) is 3. The third kappa shape index (κ3) is 6.74.